The molecule has 0 bridgehead atoms. The van der Waals surface area contributed by atoms with Crippen LogP contribution in [0.3, 0.4) is 0 Å². The topological polar surface area (TPSA) is 85.3 Å². The van der Waals surface area contributed by atoms with Crippen molar-refractivity contribution in [1.29, 1.82) is 0 Å². The summed E-state index contributed by atoms with van der Waals surface area (Å²) in [5.41, 5.74) is 11.0. The molecule has 0 unspecified atom stereocenters. The van der Waals surface area contributed by atoms with E-state index >= 15 is 0 Å². The summed E-state index contributed by atoms with van der Waals surface area (Å²) in [5, 5.41) is 2.75. The smallest absolute Gasteiger partial charge is 0.221 e. The third-order valence-electron chi connectivity index (χ3n) is 3.82. The van der Waals surface area contributed by atoms with Gasteiger partial charge in [0.1, 0.15) is 0 Å². The highest BCUT2D eigenvalue weighted by Crippen LogP contribution is 2.25. The number of hydrogen-bond acceptors (Lipinski definition) is 4. The van der Waals surface area contributed by atoms with E-state index in [0.717, 1.165) is 28.0 Å². The number of amides is 1. The molecule has 3 N–H and O–H groups in total. The van der Waals surface area contributed by atoms with Gasteiger partial charge in [0.2, 0.25) is 5.91 Å². The second-order valence-corrected chi connectivity index (χ2v) is 5.56. The van der Waals surface area contributed by atoms with Crippen LogP contribution in [-0.2, 0) is 4.79 Å². The Hall–Kier alpha value is -3.41. The van der Waals surface area contributed by atoms with Gasteiger partial charge in [-0.1, -0.05) is 24.3 Å². The lowest BCUT2D eigenvalue weighted by atomic mass is 10.1. The van der Waals surface area contributed by atoms with Gasteiger partial charge in [-0.2, -0.15) is 0 Å². The van der Waals surface area contributed by atoms with Crippen molar-refractivity contribution in [2.75, 3.05) is 11.1 Å². The largest absolute Gasteiger partial charge is 0.381 e. The number of para-hydroxylation sites is 2. The fourth-order valence-electron chi connectivity index (χ4n) is 2.75. The highest BCUT2D eigenvalue weighted by molar-refractivity contribution is 5.89. The first-order chi connectivity index (χ1) is 11.6. The number of hydrogen-bond donors (Lipinski definition) is 2. The Balaban J connectivity index is 1.84. The van der Waals surface area contributed by atoms with Gasteiger partial charge in [0, 0.05) is 24.4 Å². The first-order valence-corrected chi connectivity index (χ1v) is 7.53. The Kier molecular flexibility index (Phi) is 3.16. The molecular weight excluding hydrogens is 302 g/mol. The highest BCUT2D eigenvalue weighted by atomic mass is 16.1. The number of imidazole rings is 1. The van der Waals surface area contributed by atoms with E-state index in [1.54, 1.807) is 0 Å². The van der Waals surface area contributed by atoms with Gasteiger partial charge in [-0.3, -0.25) is 9.20 Å². The van der Waals surface area contributed by atoms with Gasteiger partial charge < -0.3 is 11.1 Å². The maximum atomic E-state index is 11.1. The molecule has 0 aliphatic carbocycles. The van der Waals surface area contributed by atoms with Gasteiger partial charge in [-0.25, -0.2) is 9.97 Å². The van der Waals surface area contributed by atoms with Gasteiger partial charge in [0.05, 0.1) is 16.7 Å². The minimum Gasteiger partial charge on any atom is -0.381 e. The minimum absolute atomic E-state index is 0.101. The number of nitrogens with one attached hydrogen (secondary N) is 1. The zero-order valence-electron chi connectivity index (χ0n) is 13.0. The number of carbonyl (C=O) groups is 1. The molecule has 24 heavy (non-hydrogen) atoms. The van der Waals surface area contributed by atoms with E-state index in [1.807, 2.05) is 59.1 Å². The first kappa shape index (κ1) is 14.2. The first-order valence-electron chi connectivity index (χ1n) is 7.53. The van der Waals surface area contributed by atoms with Crippen molar-refractivity contribution in [3.63, 3.8) is 0 Å². The van der Waals surface area contributed by atoms with E-state index in [4.69, 9.17) is 5.73 Å². The van der Waals surface area contributed by atoms with Crippen LogP contribution in [0.4, 0.5) is 11.5 Å². The zero-order chi connectivity index (χ0) is 16.7. The molecule has 4 aromatic rings. The minimum atomic E-state index is -0.101. The number of nitrogens with zero attached hydrogens (tertiary/aromatic N) is 3. The fraction of sp³-hybridized carbons (Fsp3) is 0.0556. The predicted octanol–water partition coefficient (Wildman–Crippen LogP) is 3.09. The van der Waals surface area contributed by atoms with Crippen LogP contribution in [0.25, 0.3) is 27.9 Å². The van der Waals surface area contributed by atoms with E-state index in [9.17, 15) is 4.79 Å². The summed E-state index contributed by atoms with van der Waals surface area (Å²) in [4.78, 5) is 20.1. The van der Waals surface area contributed by atoms with Crippen LogP contribution in [0.2, 0.25) is 0 Å². The lowest BCUT2D eigenvalue weighted by Gasteiger charge is -2.07. The van der Waals surface area contributed by atoms with Gasteiger partial charge in [0.25, 0.3) is 0 Å². The van der Waals surface area contributed by atoms with Crippen molar-refractivity contribution in [2.45, 2.75) is 6.92 Å². The van der Waals surface area contributed by atoms with Crippen LogP contribution in [0.1, 0.15) is 6.92 Å². The molecule has 0 spiro atoms. The molecule has 2 aromatic heterocycles. The number of nitrogen functional groups attached to an aromatic ring is 1. The standard InChI is InChI=1S/C18H15N5O/c1-11(24)20-13-8-6-12(7-9-13)15-10-23-16-5-3-2-4-14(16)22-18(23)17(19)21-15/h2-10H,1H3,(H2,19,21)(H,20,24). The van der Waals surface area contributed by atoms with Crippen molar-refractivity contribution >= 4 is 34.1 Å². The van der Waals surface area contributed by atoms with Crippen molar-refractivity contribution in [3.8, 4) is 11.3 Å². The number of anilines is 2. The molecule has 6 nitrogen and oxygen atoms in total. The Labute approximate surface area is 138 Å². The van der Waals surface area contributed by atoms with E-state index in [1.165, 1.54) is 6.92 Å². The molecule has 6 heteroatoms. The summed E-state index contributed by atoms with van der Waals surface area (Å²) in [6, 6.07) is 15.3. The summed E-state index contributed by atoms with van der Waals surface area (Å²) >= 11 is 0. The Morgan fingerprint density at radius 1 is 1.08 bits per heavy atom. The molecule has 0 aliphatic heterocycles. The Bertz CT molecular complexity index is 1070. The maximum Gasteiger partial charge on any atom is 0.221 e. The Morgan fingerprint density at radius 2 is 1.83 bits per heavy atom. The highest BCUT2D eigenvalue weighted by Gasteiger charge is 2.11. The molecule has 2 heterocycles. The summed E-state index contributed by atoms with van der Waals surface area (Å²) in [6.45, 7) is 1.48. The van der Waals surface area contributed by atoms with E-state index < -0.39 is 0 Å². The van der Waals surface area contributed by atoms with Crippen molar-refractivity contribution in [3.05, 3.63) is 54.7 Å². The number of rotatable bonds is 2. The summed E-state index contributed by atoms with van der Waals surface area (Å²) in [5.74, 6) is 0.283. The van der Waals surface area contributed by atoms with E-state index in [2.05, 4.69) is 15.3 Å². The average molecular weight is 317 g/mol. The normalized spacial score (nSPS) is 11.0. The second kappa shape index (κ2) is 5.34. The molecular formula is C18H15N5O. The van der Waals surface area contributed by atoms with Gasteiger partial charge in [0.15, 0.2) is 11.5 Å². The number of nitrogens with two attached hydrogens (primary N) is 1. The fourth-order valence-corrected chi connectivity index (χ4v) is 2.75. The average Bonchev–Trinajstić information content (AvgIpc) is 2.94. The third kappa shape index (κ3) is 2.34. The number of benzene rings is 2. The van der Waals surface area contributed by atoms with Crippen LogP contribution in [0.5, 0.6) is 0 Å². The van der Waals surface area contributed by atoms with E-state index in [-0.39, 0.29) is 5.91 Å². The maximum absolute atomic E-state index is 11.1. The van der Waals surface area contributed by atoms with Crippen LogP contribution >= 0.6 is 0 Å². The quantitative estimate of drug-likeness (QED) is 0.595. The predicted molar refractivity (Wildman–Crippen MR) is 94.6 cm³/mol. The number of fused-ring (bicyclic) bond motifs is 3. The zero-order valence-corrected chi connectivity index (χ0v) is 13.0. The second-order valence-electron chi connectivity index (χ2n) is 5.56. The molecule has 4 rings (SSSR count). The summed E-state index contributed by atoms with van der Waals surface area (Å²) < 4.78 is 1.95. The summed E-state index contributed by atoms with van der Waals surface area (Å²) in [6.07, 6.45) is 1.93. The molecule has 1 amide bonds. The van der Waals surface area contributed by atoms with Crippen molar-refractivity contribution in [1.82, 2.24) is 14.4 Å². The SMILES string of the molecule is CC(=O)Nc1ccc(-c2cn3c(nc4ccccc43)c(N)n2)cc1. The molecule has 0 atom stereocenters. The van der Waals surface area contributed by atoms with Gasteiger partial charge in [-0.05, 0) is 24.3 Å². The van der Waals surface area contributed by atoms with Gasteiger partial charge in [-0.15, -0.1) is 0 Å². The summed E-state index contributed by atoms with van der Waals surface area (Å²) in [7, 11) is 0. The van der Waals surface area contributed by atoms with Crippen LogP contribution in [-0.4, -0.2) is 20.3 Å². The van der Waals surface area contributed by atoms with E-state index in [0.29, 0.717) is 11.5 Å². The van der Waals surface area contributed by atoms with Crippen molar-refractivity contribution < 1.29 is 4.79 Å². The molecule has 0 radical (unpaired) electrons. The molecule has 118 valence electrons. The lowest BCUT2D eigenvalue weighted by molar-refractivity contribution is -0.114. The lowest BCUT2D eigenvalue weighted by Crippen LogP contribution is -2.05. The molecule has 0 fully saturated rings. The Morgan fingerprint density at radius 3 is 2.58 bits per heavy atom. The number of carbonyl (C=O) groups excluding carboxylic acids is 1. The molecule has 0 aliphatic rings. The van der Waals surface area contributed by atoms with Crippen LogP contribution < -0.4 is 11.1 Å². The van der Waals surface area contributed by atoms with Crippen molar-refractivity contribution in [2.24, 2.45) is 0 Å². The molecule has 2 aromatic carbocycles. The molecule has 0 saturated heterocycles. The third-order valence-corrected chi connectivity index (χ3v) is 3.82. The monoisotopic (exact) mass is 317 g/mol. The van der Waals surface area contributed by atoms with Gasteiger partial charge >= 0.3 is 0 Å². The van der Waals surface area contributed by atoms with Crippen LogP contribution in [0.15, 0.2) is 54.7 Å². The molecule has 0 saturated carbocycles. The van der Waals surface area contributed by atoms with Crippen LogP contribution in [0, 0.1) is 0 Å². The number of aromatic nitrogens is 3.